The predicted octanol–water partition coefficient (Wildman–Crippen LogP) is 4.65. The Morgan fingerprint density at radius 1 is 1.21 bits per heavy atom. The summed E-state index contributed by atoms with van der Waals surface area (Å²) < 4.78 is 0. The largest absolute Gasteiger partial charge is 0.316 e. The molecule has 1 nitrogen and oxygen atoms in total. The molecule has 2 rings (SSSR count). The molecule has 0 saturated carbocycles. The van der Waals surface area contributed by atoms with E-state index in [1.165, 1.54) is 49.8 Å². The quantitative estimate of drug-likeness (QED) is 0.694. The zero-order chi connectivity index (χ0) is 13.5. The highest BCUT2D eigenvalue weighted by Gasteiger charge is 2.27. The monoisotopic (exact) mass is 277 g/mol. The van der Waals surface area contributed by atoms with Crippen molar-refractivity contribution in [1.82, 2.24) is 5.32 Å². The highest BCUT2D eigenvalue weighted by Crippen LogP contribution is 2.39. The number of hydrogen-bond acceptors (Lipinski definition) is 2. The summed E-state index contributed by atoms with van der Waals surface area (Å²) in [5, 5.41) is 4.28. The van der Waals surface area contributed by atoms with Crippen molar-refractivity contribution in [2.75, 3.05) is 7.05 Å². The van der Waals surface area contributed by atoms with Crippen LogP contribution in [0.1, 0.15) is 51.0 Å². The number of benzene rings is 1. The Balaban J connectivity index is 1.77. The average Bonchev–Trinajstić information content (AvgIpc) is 2.86. The van der Waals surface area contributed by atoms with Crippen molar-refractivity contribution in [3.05, 3.63) is 29.8 Å². The average molecular weight is 277 g/mol. The molecule has 0 radical (unpaired) electrons. The van der Waals surface area contributed by atoms with Crippen LogP contribution in [0.25, 0.3) is 0 Å². The van der Waals surface area contributed by atoms with Gasteiger partial charge in [-0.15, -0.1) is 11.8 Å². The number of unbranched alkanes of at least 4 members (excludes halogenated alkanes) is 4. The molecule has 1 aliphatic rings. The highest BCUT2D eigenvalue weighted by molar-refractivity contribution is 8.00. The van der Waals surface area contributed by atoms with E-state index in [4.69, 9.17) is 0 Å². The van der Waals surface area contributed by atoms with Crippen molar-refractivity contribution < 1.29 is 0 Å². The Kier molecular flexibility index (Phi) is 6.25. The minimum atomic E-state index is 0.666. The minimum absolute atomic E-state index is 0.666. The van der Waals surface area contributed by atoms with Gasteiger partial charge in [0.05, 0.1) is 0 Å². The van der Waals surface area contributed by atoms with Crippen molar-refractivity contribution in [3.63, 3.8) is 0 Å². The molecule has 106 valence electrons. The summed E-state index contributed by atoms with van der Waals surface area (Å²) in [7, 11) is 2.13. The van der Waals surface area contributed by atoms with Crippen LogP contribution < -0.4 is 5.32 Å². The lowest BCUT2D eigenvalue weighted by Crippen LogP contribution is -2.35. The molecule has 1 N–H and O–H groups in total. The van der Waals surface area contributed by atoms with E-state index in [2.05, 4.69) is 55.3 Å². The molecular weight excluding hydrogens is 250 g/mol. The standard InChI is InChI=1S/C17H27NS/c1-3-4-5-6-7-11-15(18-2)17-13-14-10-8-9-12-16(14)19-17/h8-10,12,15,17-18H,3-7,11,13H2,1-2H3. The molecular formula is C17H27NS. The second-order valence-corrected chi connectivity index (χ2v) is 6.85. The van der Waals surface area contributed by atoms with Crippen molar-refractivity contribution in [2.24, 2.45) is 0 Å². The molecule has 0 fully saturated rings. The first kappa shape index (κ1) is 14.9. The van der Waals surface area contributed by atoms with E-state index in [-0.39, 0.29) is 0 Å². The number of rotatable bonds is 8. The van der Waals surface area contributed by atoms with E-state index in [0.29, 0.717) is 6.04 Å². The highest BCUT2D eigenvalue weighted by atomic mass is 32.2. The maximum Gasteiger partial charge on any atom is 0.0289 e. The Morgan fingerprint density at radius 2 is 2.00 bits per heavy atom. The molecule has 0 spiro atoms. The number of thioether (sulfide) groups is 1. The van der Waals surface area contributed by atoms with Crippen molar-refractivity contribution >= 4 is 11.8 Å². The van der Waals surface area contributed by atoms with E-state index in [1.54, 1.807) is 5.56 Å². The third-order valence-electron chi connectivity index (χ3n) is 4.11. The lowest BCUT2D eigenvalue weighted by molar-refractivity contribution is 0.471. The van der Waals surface area contributed by atoms with Gasteiger partial charge in [-0.2, -0.15) is 0 Å². The fourth-order valence-corrected chi connectivity index (χ4v) is 4.40. The fraction of sp³-hybridized carbons (Fsp3) is 0.647. The summed E-state index contributed by atoms with van der Waals surface area (Å²) in [6.45, 7) is 2.28. The van der Waals surface area contributed by atoms with Gasteiger partial charge >= 0.3 is 0 Å². The lowest BCUT2D eigenvalue weighted by Gasteiger charge is -2.22. The van der Waals surface area contributed by atoms with Crippen LogP contribution >= 0.6 is 11.8 Å². The van der Waals surface area contributed by atoms with Gasteiger partial charge < -0.3 is 5.32 Å². The SMILES string of the molecule is CCCCCCCC(NC)C1Cc2ccccc2S1. The molecule has 1 heterocycles. The molecule has 0 aromatic heterocycles. The number of fused-ring (bicyclic) bond motifs is 1. The third kappa shape index (κ3) is 4.25. The Bertz CT molecular complexity index is 352. The molecule has 2 atom stereocenters. The van der Waals surface area contributed by atoms with Gasteiger partial charge in [-0.25, -0.2) is 0 Å². The van der Waals surface area contributed by atoms with Crippen LogP contribution in [0.3, 0.4) is 0 Å². The van der Waals surface area contributed by atoms with Crippen LogP contribution in [0.15, 0.2) is 29.2 Å². The van der Waals surface area contributed by atoms with Crippen LogP contribution in [0.4, 0.5) is 0 Å². The molecule has 19 heavy (non-hydrogen) atoms. The molecule has 2 heteroatoms. The maximum absolute atomic E-state index is 3.55. The van der Waals surface area contributed by atoms with E-state index >= 15 is 0 Å². The van der Waals surface area contributed by atoms with E-state index in [0.717, 1.165) is 5.25 Å². The zero-order valence-corrected chi connectivity index (χ0v) is 13.1. The molecule has 0 amide bonds. The first-order valence-corrected chi connectivity index (χ1v) is 8.65. The van der Waals surface area contributed by atoms with Crippen molar-refractivity contribution in [2.45, 2.75) is 68.1 Å². The van der Waals surface area contributed by atoms with Gasteiger partial charge in [-0.1, -0.05) is 57.2 Å². The van der Waals surface area contributed by atoms with Gasteiger partial charge in [0.2, 0.25) is 0 Å². The van der Waals surface area contributed by atoms with Gasteiger partial charge in [0.15, 0.2) is 0 Å². The van der Waals surface area contributed by atoms with Crippen LogP contribution in [0.5, 0.6) is 0 Å². The Hall–Kier alpha value is -0.470. The summed E-state index contributed by atoms with van der Waals surface area (Å²) in [6, 6.07) is 9.55. The van der Waals surface area contributed by atoms with Crippen molar-refractivity contribution in [3.8, 4) is 0 Å². The second kappa shape index (κ2) is 7.96. The van der Waals surface area contributed by atoms with Gasteiger partial charge in [-0.3, -0.25) is 0 Å². The van der Waals surface area contributed by atoms with Crippen molar-refractivity contribution in [1.29, 1.82) is 0 Å². The summed E-state index contributed by atoms with van der Waals surface area (Å²) in [4.78, 5) is 1.50. The summed E-state index contributed by atoms with van der Waals surface area (Å²) in [5.74, 6) is 0. The Labute approximate surface area is 122 Å². The second-order valence-electron chi connectivity index (χ2n) is 5.57. The van der Waals surface area contributed by atoms with Crippen LogP contribution in [-0.2, 0) is 6.42 Å². The summed E-state index contributed by atoms with van der Waals surface area (Å²) >= 11 is 2.07. The first-order valence-electron chi connectivity index (χ1n) is 7.77. The maximum atomic E-state index is 3.55. The normalized spacial score (nSPS) is 19.4. The van der Waals surface area contributed by atoms with Crippen LogP contribution in [0.2, 0.25) is 0 Å². The van der Waals surface area contributed by atoms with Gasteiger partial charge in [0, 0.05) is 16.2 Å². The molecule has 1 aromatic carbocycles. The molecule has 1 aromatic rings. The van der Waals surface area contributed by atoms with Crippen LogP contribution in [0, 0.1) is 0 Å². The fourth-order valence-electron chi connectivity index (χ4n) is 2.92. The number of nitrogens with one attached hydrogen (secondary N) is 1. The molecule has 2 unspecified atom stereocenters. The predicted molar refractivity (Wildman–Crippen MR) is 86.0 cm³/mol. The van der Waals surface area contributed by atoms with Crippen LogP contribution in [-0.4, -0.2) is 18.3 Å². The molecule has 1 aliphatic heterocycles. The summed E-state index contributed by atoms with van der Waals surface area (Å²) in [6.07, 6.45) is 9.48. The zero-order valence-electron chi connectivity index (χ0n) is 12.3. The molecule has 0 aliphatic carbocycles. The lowest BCUT2D eigenvalue weighted by atomic mass is 10.00. The number of hydrogen-bond donors (Lipinski definition) is 1. The van der Waals surface area contributed by atoms with E-state index < -0.39 is 0 Å². The molecule has 0 saturated heterocycles. The topological polar surface area (TPSA) is 12.0 Å². The van der Waals surface area contributed by atoms with Gasteiger partial charge in [-0.05, 0) is 31.5 Å². The third-order valence-corrected chi connectivity index (χ3v) is 5.56. The van der Waals surface area contributed by atoms with Gasteiger partial charge in [0.25, 0.3) is 0 Å². The first-order chi connectivity index (χ1) is 9.35. The summed E-state index contributed by atoms with van der Waals surface area (Å²) in [5.41, 5.74) is 1.55. The van der Waals surface area contributed by atoms with Gasteiger partial charge in [0.1, 0.15) is 0 Å². The van der Waals surface area contributed by atoms with E-state index in [1.807, 2.05) is 0 Å². The minimum Gasteiger partial charge on any atom is -0.316 e. The smallest absolute Gasteiger partial charge is 0.0289 e. The molecule has 0 bridgehead atoms. The van der Waals surface area contributed by atoms with E-state index in [9.17, 15) is 0 Å². The Morgan fingerprint density at radius 3 is 2.74 bits per heavy atom.